The highest BCUT2D eigenvalue weighted by atomic mass is 31.0. The van der Waals surface area contributed by atoms with Crippen molar-refractivity contribution in [2.24, 2.45) is 0 Å². The van der Waals surface area contributed by atoms with Crippen LogP contribution in [0.1, 0.15) is 45.3 Å². The summed E-state index contributed by atoms with van der Waals surface area (Å²) >= 11 is 0. The maximum atomic E-state index is 12.1. The number of hydrogen-bond donors (Lipinski definition) is 3. The van der Waals surface area contributed by atoms with Crippen LogP contribution in [-0.4, -0.2) is 77.8 Å². The lowest BCUT2D eigenvalue weighted by Crippen LogP contribution is -2.53. The Kier molecular flexibility index (Phi) is 13.9. The fourth-order valence-electron chi connectivity index (χ4n) is 2.27. The Hall–Kier alpha value is -2.65. The molecule has 0 aromatic carbocycles. The molecule has 0 fully saturated rings. The van der Waals surface area contributed by atoms with E-state index in [1.807, 2.05) is 23.1 Å². The maximum Gasteiger partial charge on any atom is 0.253 e. The van der Waals surface area contributed by atoms with E-state index in [1.54, 1.807) is 0 Å². The van der Waals surface area contributed by atoms with Crippen LogP contribution in [0.4, 0.5) is 0 Å². The molecule has 186 valence electrons. The Morgan fingerprint density at radius 3 is 1.88 bits per heavy atom. The van der Waals surface area contributed by atoms with Gasteiger partial charge in [0.05, 0.1) is 25.8 Å². The lowest BCUT2D eigenvalue weighted by Gasteiger charge is -2.19. The predicted octanol–water partition coefficient (Wildman–Crippen LogP) is -0.00190. The number of nitrogens with one attached hydrogen (secondary N) is 3. The number of hydrogen-bond acceptors (Lipinski definition) is 7. The lowest BCUT2D eigenvalue weighted by atomic mass is 10.2. The van der Waals surface area contributed by atoms with Crippen molar-refractivity contribution in [2.75, 3.05) is 19.8 Å². The highest BCUT2D eigenvalue weighted by Gasteiger charge is 2.24. The summed E-state index contributed by atoms with van der Waals surface area (Å²) < 4.78 is 5.24. The van der Waals surface area contributed by atoms with Crippen molar-refractivity contribution in [1.29, 1.82) is 0 Å². The van der Waals surface area contributed by atoms with E-state index in [0.717, 1.165) is 4.90 Å². The maximum absolute atomic E-state index is 12.1. The predicted molar refractivity (Wildman–Crippen MR) is 127 cm³/mol. The fourth-order valence-corrected chi connectivity index (χ4v) is 2.35. The van der Waals surface area contributed by atoms with Crippen molar-refractivity contribution in [1.82, 2.24) is 20.9 Å². The normalized spacial score (nSPS) is 15.2. The molecule has 5 amide bonds. The second-order valence-electron chi connectivity index (χ2n) is 6.68. The minimum absolute atomic E-state index is 0. The van der Waals surface area contributed by atoms with Crippen molar-refractivity contribution in [3.8, 4) is 0 Å². The molecule has 3 N–H and O–H groups in total. The van der Waals surface area contributed by atoms with Crippen molar-refractivity contribution in [3.05, 3.63) is 12.2 Å². The van der Waals surface area contributed by atoms with Gasteiger partial charge in [-0.1, -0.05) is 23.1 Å². The van der Waals surface area contributed by atoms with Crippen LogP contribution < -0.4 is 16.0 Å². The summed E-state index contributed by atoms with van der Waals surface area (Å²) in [7, 11) is 1.96. The summed E-state index contributed by atoms with van der Waals surface area (Å²) in [6.07, 6.45) is 2.33. The van der Waals surface area contributed by atoms with Crippen LogP contribution in [-0.2, 0) is 33.5 Å². The van der Waals surface area contributed by atoms with Gasteiger partial charge in [0, 0.05) is 22.9 Å². The van der Waals surface area contributed by atoms with Gasteiger partial charge in [-0.05, 0) is 20.8 Å². The van der Waals surface area contributed by atoms with Gasteiger partial charge in [0.1, 0.15) is 12.1 Å². The van der Waals surface area contributed by atoms with Crippen LogP contribution in [0.3, 0.4) is 0 Å². The third kappa shape index (κ3) is 10.6. The number of imide groups is 1. The zero-order chi connectivity index (χ0) is 24.8. The molecule has 0 aromatic rings. The molecule has 0 saturated heterocycles. The van der Waals surface area contributed by atoms with Gasteiger partial charge < -0.3 is 20.7 Å². The Bertz CT molecular complexity index is 738. The number of carbonyl (C=O) groups excluding carboxylic acids is 6. The Balaban J connectivity index is -0.000000935. The van der Waals surface area contributed by atoms with E-state index >= 15 is 0 Å². The minimum Gasteiger partial charge on any atom is -0.379 e. The molecule has 0 spiro atoms. The smallest absolute Gasteiger partial charge is 0.253 e. The van der Waals surface area contributed by atoms with Crippen molar-refractivity contribution >= 4 is 44.3 Å². The van der Waals surface area contributed by atoms with E-state index in [9.17, 15) is 28.8 Å². The highest BCUT2D eigenvalue weighted by Crippen LogP contribution is 2.02. The van der Waals surface area contributed by atoms with Crippen LogP contribution >= 0.6 is 9.24 Å². The average molecular weight is 479 g/mol. The first kappa shape index (κ1) is 29.4. The van der Waals surface area contributed by atoms with Crippen LogP contribution in [0.25, 0.3) is 0 Å². The monoisotopic (exact) mass is 478 g/mol. The zero-order valence-corrected chi connectivity index (χ0v) is 20.3. The van der Waals surface area contributed by atoms with Crippen LogP contribution in [0.2, 0.25) is 0 Å². The van der Waals surface area contributed by atoms with Crippen molar-refractivity contribution in [2.45, 2.75) is 59.2 Å². The van der Waals surface area contributed by atoms with E-state index in [4.69, 9.17) is 4.74 Å². The van der Waals surface area contributed by atoms with Gasteiger partial charge in [-0.15, -0.1) is 0 Å². The molecule has 1 aliphatic rings. The Morgan fingerprint density at radius 1 is 0.906 bits per heavy atom. The van der Waals surface area contributed by atoms with Crippen LogP contribution in [0.5, 0.6) is 0 Å². The van der Waals surface area contributed by atoms with Gasteiger partial charge in [0.2, 0.25) is 17.7 Å². The van der Waals surface area contributed by atoms with Gasteiger partial charge >= 0.3 is 0 Å². The van der Waals surface area contributed by atoms with Gasteiger partial charge in [-0.3, -0.25) is 33.7 Å². The standard InChI is InChI=1S/C18H27N4O7P.C2H6.3H2/c1-10(16(26)20-11(2)17(27)21-12(3)18(28)30)19-13(23)6-8-29-9-7-22-14(24)4-5-15(22)25;1-2;;;/h4-5,10-12H,6-9,30H2,1-3H3,(H,19,23)(H,20,26)(H,21,27);1-2H3;3*1H/t10-,11-,12-;;;;/m0..../s1. The van der Waals surface area contributed by atoms with E-state index < -0.39 is 47.7 Å². The van der Waals surface area contributed by atoms with Crippen LogP contribution in [0, 0.1) is 0 Å². The molecule has 12 heteroatoms. The topological polar surface area (TPSA) is 151 Å². The van der Waals surface area contributed by atoms with Crippen molar-refractivity contribution < 1.29 is 37.8 Å². The third-order valence-corrected chi connectivity index (χ3v) is 4.64. The second kappa shape index (κ2) is 15.2. The molecule has 1 heterocycles. The summed E-state index contributed by atoms with van der Waals surface area (Å²) in [5.41, 5.74) is -0.292. The molecule has 1 unspecified atom stereocenters. The highest BCUT2D eigenvalue weighted by molar-refractivity contribution is 7.40. The number of rotatable bonds is 12. The first-order valence-corrected chi connectivity index (χ1v) is 10.9. The Labute approximate surface area is 194 Å². The molecule has 1 rings (SSSR count). The molecule has 0 aliphatic carbocycles. The molecule has 32 heavy (non-hydrogen) atoms. The quantitative estimate of drug-likeness (QED) is 0.203. The number of ether oxygens (including phenoxy) is 1. The summed E-state index contributed by atoms with van der Waals surface area (Å²) in [5.74, 6) is -2.33. The van der Waals surface area contributed by atoms with E-state index in [0.29, 0.717) is 0 Å². The van der Waals surface area contributed by atoms with E-state index in [1.165, 1.54) is 32.9 Å². The minimum atomic E-state index is -0.891. The van der Waals surface area contributed by atoms with E-state index in [2.05, 4.69) is 16.0 Å². The summed E-state index contributed by atoms with van der Waals surface area (Å²) in [4.78, 5) is 70.9. The lowest BCUT2D eigenvalue weighted by molar-refractivity contribution is -0.138. The van der Waals surface area contributed by atoms with Crippen LogP contribution in [0.15, 0.2) is 12.2 Å². The Morgan fingerprint density at radius 2 is 1.38 bits per heavy atom. The third-order valence-electron chi connectivity index (χ3n) is 4.14. The molecule has 0 radical (unpaired) electrons. The number of carbonyl (C=O) groups is 6. The molecule has 0 aromatic heterocycles. The fraction of sp³-hybridized carbons (Fsp3) is 0.600. The molecule has 11 nitrogen and oxygen atoms in total. The molecule has 1 aliphatic heterocycles. The number of amides is 5. The number of nitrogens with zero attached hydrogens (tertiary/aromatic N) is 1. The SMILES string of the molecule is CC.C[C@H](NC(=O)[C@H](C)NC(=O)[C@H](C)NC(=O)CCOCCN1C(=O)C=CC1=O)C(=O)P.[HH].[HH].[HH]. The average Bonchev–Trinajstić information content (AvgIpc) is 3.06. The molecule has 0 saturated carbocycles. The largest absolute Gasteiger partial charge is 0.379 e. The summed E-state index contributed by atoms with van der Waals surface area (Å²) in [6.45, 7) is 8.67. The summed E-state index contributed by atoms with van der Waals surface area (Å²) in [6, 6.07) is -2.48. The van der Waals surface area contributed by atoms with Gasteiger partial charge in [-0.2, -0.15) is 0 Å². The van der Waals surface area contributed by atoms with Crippen molar-refractivity contribution in [3.63, 3.8) is 0 Å². The zero-order valence-electron chi connectivity index (χ0n) is 19.1. The molecular weight excluding hydrogens is 439 g/mol. The second-order valence-corrected chi connectivity index (χ2v) is 7.24. The first-order chi connectivity index (χ1) is 15.0. The molecule has 4 atom stereocenters. The molecular formula is C20H39N4O7P. The first-order valence-electron chi connectivity index (χ1n) is 10.3. The van der Waals surface area contributed by atoms with E-state index in [-0.39, 0.29) is 36.0 Å². The van der Waals surface area contributed by atoms with Gasteiger partial charge in [0.15, 0.2) is 5.52 Å². The molecule has 0 bridgehead atoms. The van der Waals surface area contributed by atoms with Gasteiger partial charge in [-0.25, -0.2) is 0 Å². The summed E-state index contributed by atoms with van der Waals surface area (Å²) in [5, 5.41) is 7.39. The van der Waals surface area contributed by atoms with Gasteiger partial charge in [0.25, 0.3) is 11.8 Å².